The number of ether oxygens (including phenoxy) is 2. The van der Waals surface area contributed by atoms with Crippen molar-refractivity contribution in [3.8, 4) is 11.5 Å². The first-order valence-corrected chi connectivity index (χ1v) is 12.5. The van der Waals surface area contributed by atoms with Gasteiger partial charge in [-0.2, -0.15) is 0 Å². The van der Waals surface area contributed by atoms with E-state index < -0.39 is 17.5 Å². The van der Waals surface area contributed by atoms with E-state index in [1.165, 1.54) is 0 Å². The van der Waals surface area contributed by atoms with Crippen LogP contribution >= 0.6 is 15.9 Å². The monoisotopic (exact) mass is 551 g/mol. The highest BCUT2D eigenvalue weighted by Gasteiger charge is 2.68. The van der Waals surface area contributed by atoms with Crippen molar-refractivity contribution < 1.29 is 19.2 Å². The van der Waals surface area contributed by atoms with Crippen molar-refractivity contribution in [3.63, 3.8) is 0 Å². The quantitative estimate of drug-likeness (QED) is 0.330. The number of carbonyl (C=O) groups excluding carboxylic acids is 1. The number of likely N-dealkylation sites (tertiary alicyclic amines) is 1. The summed E-state index contributed by atoms with van der Waals surface area (Å²) in [5.74, 6) is 0.191. The number of nitrogens with one attached hydrogen (secondary N) is 1. The Labute approximate surface area is 217 Å². The van der Waals surface area contributed by atoms with Gasteiger partial charge < -0.3 is 14.8 Å². The molecule has 1 amide bonds. The predicted molar refractivity (Wildman–Crippen MR) is 139 cm³/mol. The highest BCUT2D eigenvalue weighted by molar-refractivity contribution is 9.10. The smallest absolute Gasteiger partial charge is 0.256 e. The van der Waals surface area contributed by atoms with Crippen molar-refractivity contribution in [1.29, 1.82) is 0 Å². The molecule has 0 unspecified atom stereocenters. The Morgan fingerprint density at radius 3 is 2.58 bits per heavy atom. The van der Waals surface area contributed by atoms with E-state index in [4.69, 9.17) is 9.47 Å². The molecule has 8 nitrogen and oxygen atoms in total. The molecule has 0 aromatic heterocycles. The van der Waals surface area contributed by atoms with E-state index >= 15 is 0 Å². The van der Waals surface area contributed by atoms with Crippen molar-refractivity contribution in [2.24, 2.45) is 0 Å². The standard InChI is InChI=1S/C27H26BrN3O5/c1-3-35-24-14-18(10-13-23(24)36-16-17-8-11-19(28)12-9-17)20-15-30(2)27(25(20)31(33)34)21-6-4-5-7-22(21)29-26(27)32/h4-14,20,25H,3,15-16H2,1-2H3,(H,29,32)/t20-,25-,27+/m0/s1. The average molecular weight is 552 g/mol. The largest absolute Gasteiger partial charge is 0.490 e. The van der Waals surface area contributed by atoms with Gasteiger partial charge in [0.1, 0.15) is 6.61 Å². The van der Waals surface area contributed by atoms with E-state index in [0.29, 0.717) is 42.5 Å². The Kier molecular flexibility index (Phi) is 6.44. The van der Waals surface area contributed by atoms with Crippen LogP contribution in [0, 0.1) is 10.1 Å². The number of hydrogen-bond donors (Lipinski definition) is 1. The fourth-order valence-corrected chi connectivity index (χ4v) is 5.73. The summed E-state index contributed by atoms with van der Waals surface area (Å²) in [4.78, 5) is 27.4. The summed E-state index contributed by atoms with van der Waals surface area (Å²) >= 11 is 3.43. The maximum absolute atomic E-state index is 13.3. The fraction of sp³-hybridized carbons (Fsp3) is 0.296. The summed E-state index contributed by atoms with van der Waals surface area (Å²) in [5.41, 5.74) is 1.61. The van der Waals surface area contributed by atoms with Crippen molar-refractivity contribution >= 4 is 27.5 Å². The first-order valence-electron chi connectivity index (χ1n) is 11.8. The Balaban J connectivity index is 1.49. The average Bonchev–Trinajstić information content (AvgIpc) is 3.34. The summed E-state index contributed by atoms with van der Waals surface area (Å²) in [5, 5.41) is 15.4. The summed E-state index contributed by atoms with van der Waals surface area (Å²) in [6.07, 6.45) is 0. The Morgan fingerprint density at radius 1 is 1.11 bits per heavy atom. The highest BCUT2D eigenvalue weighted by atomic mass is 79.9. The molecule has 0 aliphatic carbocycles. The maximum Gasteiger partial charge on any atom is 0.256 e. The van der Waals surface area contributed by atoms with Gasteiger partial charge in [0.2, 0.25) is 0 Å². The lowest BCUT2D eigenvalue weighted by molar-refractivity contribution is -0.534. The number of benzene rings is 3. The SMILES string of the molecule is CCOc1cc([C@@H]2CN(C)[C@@]3(C(=O)Nc4ccccc43)[C@H]2[N+](=O)[O-])ccc1OCc1ccc(Br)cc1. The third-order valence-electron chi connectivity index (χ3n) is 7.04. The van der Waals surface area contributed by atoms with Crippen molar-refractivity contribution in [1.82, 2.24) is 4.90 Å². The molecule has 3 aromatic carbocycles. The number of carbonyl (C=O) groups is 1. The molecule has 3 aromatic rings. The summed E-state index contributed by atoms with van der Waals surface area (Å²) in [7, 11) is 1.78. The van der Waals surface area contributed by atoms with E-state index in [0.717, 1.165) is 15.6 Å². The van der Waals surface area contributed by atoms with E-state index in [1.54, 1.807) is 25.2 Å². The topological polar surface area (TPSA) is 93.9 Å². The zero-order chi connectivity index (χ0) is 25.4. The van der Waals surface area contributed by atoms with Gasteiger partial charge in [-0.1, -0.05) is 52.3 Å². The molecule has 2 heterocycles. The van der Waals surface area contributed by atoms with Crippen LogP contribution in [-0.4, -0.2) is 42.0 Å². The molecule has 1 saturated heterocycles. The molecule has 36 heavy (non-hydrogen) atoms. The second-order valence-electron chi connectivity index (χ2n) is 9.04. The van der Waals surface area contributed by atoms with Crippen LogP contribution in [0.15, 0.2) is 71.2 Å². The van der Waals surface area contributed by atoms with Crippen molar-refractivity contribution in [2.45, 2.75) is 31.0 Å². The molecule has 3 atom stereocenters. The number of hydrogen-bond acceptors (Lipinski definition) is 6. The molecule has 2 aliphatic rings. The third kappa shape index (κ3) is 3.92. The molecule has 9 heteroatoms. The lowest BCUT2D eigenvalue weighted by Gasteiger charge is -2.30. The number of para-hydroxylation sites is 1. The minimum absolute atomic E-state index is 0.311. The molecule has 1 fully saturated rings. The first-order chi connectivity index (χ1) is 17.4. The number of anilines is 1. The number of fused-ring (bicyclic) bond motifs is 2. The second-order valence-corrected chi connectivity index (χ2v) is 9.95. The highest BCUT2D eigenvalue weighted by Crippen LogP contribution is 2.52. The molecule has 1 spiro atoms. The molecule has 186 valence electrons. The van der Waals surface area contributed by atoms with Crippen molar-refractivity contribution in [3.05, 3.63) is 98.0 Å². The molecule has 0 saturated carbocycles. The van der Waals surface area contributed by atoms with Crippen LogP contribution < -0.4 is 14.8 Å². The van der Waals surface area contributed by atoms with Crippen LogP contribution in [0.1, 0.15) is 29.5 Å². The van der Waals surface area contributed by atoms with Crippen LogP contribution in [0.2, 0.25) is 0 Å². The van der Waals surface area contributed by atoms with E-state index in [1.807, 2.05) is 60.4 Å². The molecule has 2 aliphatic heterocycles. The van der Waals surface area contributed by atoms with E-state index in [9.17, 15) is 14.9 Å². The van der Waals surface area contributed by atoms with Gasteiger partial charge in [0, 0.05) is 27.2 Å². The lowest BCUT2D eigenvalue weighted by atomic mass is 9.79. The number of nitrogens with zero attached hydrogens (tertiary/aromatic N) is 2. The molecule has 1 N–H and O–H groups in total. The van der Waals surface area contributed by atoms with Crippen LogP contribution in [0.25, 0.3) is 0 Å². The number of halogens is 1. The zero-order valence-electron chi connectivity index (χ0n) is 19.9. The van der Waals surface area contributed by atoms with Gasteiger partial charge in [-0.3, -0.25) is 19.8 Å². The minimum atomic E-state index is -1.38. The number of rotatable bonds is 7. The van der Waals surface area contributed by atoms with Crippen LogP contribution in [0.5, 0.6) is 11.5 Å². The Hall–Kier alpha value is -3.43. The molecule has 5 rings (SSSR count). The van der Waals surface area contributed by atoms with Gasteiger partial charge in [0.05, 0.1) is 12.5 Å². The van der Waals surface area contributed by atoms with Gasteiger partial charge >= 0.3 is 0 Å². The number of likely N-dealkylation sites (N-methyl/N-ethyl adjacent to an activating group) is 1. The van der Waals surface area contributed by atoms with E-state index in [-0.39, 0.29) is 10.8 Å². The lowest BCUT2D eigenvalue weighted by Crippen LogP contribution is -2.54. The van der Waals surface area contributed by atoms with Gasteiger partial charge in [-0.25, -0.2) is 0 Å². The van der Waals surface area contributed by atoms with Crippen LogP contribution in [-0.2, 0) is 16.9 Å². The minimum Gasteiger partial charge on any atom is -0.490 e. The fourth-order valence-electron chi connectivity index (χ4n) is 5.46. The number of nitro groups is 1. The van der Waals surface area contributed by atoms with Crippen LogP contribution in [0.4, 0.5) is 5.69 Å². The second kappa shape index (κ2) is 9.55. The zero-order valence-corrected chi connectivity index (χ0v) is 21.5. The normalized spacial score (nSPS) is 22.9. The van der Waals surface area contributed by atoms with Gasteiger partial charge in [-0.15, -0.1) is 0 Å². The summed E-state index contributed by atoms with van der Waals surface area (Å²) in [6, 6.07) is 19.3. The van der Waals surface area contributed by atoms with Crippen LogP contribution in [0.3, 0.4) is 0 Å². The molecule has 0 bridgehead atoms. The number of amides is 1. The van der Waals surface area contributed by atoms with Gasteiger partial charge in [-0.05, 0) is 55.4 Å². The van der Waals surface area contributed by atoms with E-state index in [2.05, 4.69) is 21.2 Å². The van der Waals surface area contributed by atoms with Gasteiger partial charge in [0.15, 0.2) is 17.0 Å². The Morgan fingerprint density at radius 2 is 1.86 bits per heavy atom. The first kappa shape index (κ1) is 24.3. The third-order valence-corrected chi connectivity index (χ3v) is 7.57. The maximum atomic E-state index is 13.3. The van der Waals surface area contributed by atoms with Gasteiger partial charge in [0.25, 0.3) is 11.9 Å². The molecular weight excluding hydrogens is 526 g/mol. The summed E-state index contributed by atoms with van der Waals surface area (Å²) in [6.45, 7) is 3.00. The van der Waals surface area contributed by atoms with Crippen molar-refractivity contribution in [2.75, 3.05) is 25.5 Å². The predicted octanol–water partition coefficient (Wildman–Crippen LogP) is 4.95. The summed E-state index contributed by atoms with van der Waals surface area (Å²) < 4.78 is 12.9. The Bertz CT molecular complexity index is 1320. The molecule has 0 radical (unpaired) electrons. The molecular formula is C27H26BrN3O5.